The minimum atomic E-state index is 0.907. The second-order valence-electron chi connectivity index (χ2n) is 12.5. The van der Waals surface area contributed by atoms with Crippen molar-refractivity contribution in [3.63, 3.8) is 0 Å². The van der Waals surface area contributed by atoms with E-state index in [1.807, 2.05) is 6.07 Å². The van der Waals surface area contributed by atoms with Gasteiger partial charge < -0.3 is 8.98 Å². The molecule has 2 nitrogen and oxygen atoms in total. The number of hydrogen-bond donors (Lipinski definition) is 0. The van der Waals surface area contributed by atoms with Gasteiger partial charge >= 0.3 is 0 Å². The Morgan fingerprint density at radius 3 is 1.62 bits per heavy atom. The molecule has 224 valence electrons. The van der Waals surface area contributed by atoms with Crippen LogP contribution in [0.25, 0.3) is 93.6 Å². The standard InChI is InChI=1S/C46H29NO/c1-3-11-30(12-4-1)34-27-35(31-13-5-2-6-14-31)29-36(28-34)32-19-22-37(23-20-32)47-42-26-21-33-15-7-8-16-38(33)44(42)41-25-24-40-39-17-9-10-18-43(39)48-46(40)45(41)47/h1-29H. The number of aromatic nitrogens is 1. The highest BCUT2D eigenvalue weighted by Gasteiger charge is 2.20. The molecule has 10 rings (SSSR count). The van der Waals surface area contributed by atoms with Crippen LogP contribution in [0.3, 0.4) is 0 Å². The van der Waals surface area contributed by atoms with Gasteiger partial charge in [0, 0.05) is 27.2 Å². The molecule has 0 aliphatic rings. The quantitative estimate of drug-likeness (QED) is 0.194. The summed E-state index contributed by atoms with van der Waals surface area (Å²) in [6.07, 6.45) is 0. The first kappa shape index (κ1) is 26.8. The van der Waals surface area contributed by atoms with Crippen LogP contribution in [0.2, 0.25) is 0 Å². The van der Waals surface area contributed by atoms with Crippen LogP contribution in [0.15, 0.2) is 180 Å². The predicted molar refractivity (Wildman–Crippen MR) is 202 cm³/mol. The molecule has 8 aromatic carbocycles. The SMILES string of the molecule is c1ccc(-c2cc(-c3ccccc3)cc(-c3ccc(-n4c5ccc6ccccc6c5c5ccc6c7ccccc7oc6c54)cc3)c2)cc1. The summed E-state index contributed by atoms with van der Waals surface area (Å²) in [7, 11) is 0. The highest BCUT2D eigenvalue weighted by Crippen LogP contribution is 2.43. The summed E-state index contributed by atoms with van der Waals surface area (Å²) in [5, 5.41) is 7.19. The third kappa shape index (κ3) is 4.13. The van der Waals surface area contributed by atoms with E-state index < -0.39 is 0 Å². The molecular formula is C46H29NO. The van der Waals surface area contributed by atoms with Crippen LogP contribution in [-0.2, 0) is 0 Å². The van der Waals surface area contributed by atoms with Gasteiger partial charge in [-0.05, 0) is 92.7 Å². The lowest BCUT2D eigenvalue weighted by Crippen LogP contribution is -1.94. The lowest BCUT2D eigenvalue weighted by atomic mass is 9.93. The van der Waals surface area contributed by atoms with E-state index in [-0.39, 0.29) is 0 Å². The molecular weight excluding hydrogens is 583 g/mol. The van der Waals surface area contributed by atoms with Gasteiger partial charge in [0.15, 0.2) is 5.58 Å². The van der Waals surface area contributed by atoms with Gasteiger partial charge in [-0.3, -0.25) is 0 Å². The van der Waals surface area contributed by atoms with Crippen molar-refractivity contribution in [1.82, 2.24) is 4.57 Å². The summed E-state index contributed by atoms with van der Waals surface area (Å²) in [6, 6.07) is 63.2. The summed E-state index contributed by atoms with van der Waals surface area (Å²) in [4.78, 5) is 0. The van der Waals surface area contributed by atoms with Crippen LogP contribution in [0.5, 0.6) is 0 Å². The zero-order valence-corrected chi connectivity index (χ0v) is 26.1. The van der Waals surface area contributed by atoms with Gasteiger partial charge in [-0.2, -0.15) is 0 Å². The zero-order valence-electron chi connectivity index (χ0n) is 26.1. The summed E-state index contributed by atoms with van der Waals surface area (Å²) >= 11 is 0. The Bertz CT molecular complexity index is 2750. The third-order valence-corrected chi connectivity index (χ3v) is 9.77. The summed E-state index contributed by atoms with van der Waals surface area (Å²) in [6.45, 7) is 0. The van der Waals surface area contributed by atoms with Crippen molar-refractivity contribution >= 4 is 54.5 Å². The molecule has 0 saturated carbocycles. The maximum atomic E-state index is 6.65. The van der Waals surface area contributed by atoms with E-state index in [4.69, 9.17) is 4.42 Å². The molecule has 0 unspecified atom stereocenters. The molecule has 2 aromatic heterocycles. The van der Waals surface area contributed by atoms with Gasteiger partial charge in [-0.1, -0.05) is 127 Å². The fraction of sp³-hybridized carbons (Fsp3) is 0. The van der Waals surface area contributed by atoms with Crippen molar-refractivity contribution in [1.29, 1.82) is 0 Å². The summed E-state index contributed by atoms with van der Waals surface area (Å²) in [5.41, 5.74) is 12.4. The first-order valence-corrected chi connectivity index (χ1v) is 16.4. The van der Waals surface area contributed by atoms with Crippen molar-refractivity contribution in [2.24, 2.45) is 0 Å². The maximum absolute atomic E-state index is 6.65. The molecule has 0 amide bonds. The molecule has 10 aromatic rings. The normalized spacial score (nSPS) is 11.8. The Labute approximate surface area is 277 Å². The second kappa shape index (κ2) is 10.6. The Morgan fingerprint density at radius 1 is 0.375 bits per heavy atom. The molecule has 0 radical (unpaired) electrons. The van der Waals surface area contributed by atoms with E-state index in [9.17, 15) is 0 Å². The van der Waals surface area contributed by atoms with Gasteiger partial charge in [0.05, 0.1) is 11.0 Å². The molecule has 0 fully saturated rings. The van der Waals surface area contributed by atoms with Gasteiger partial charge in [-0.25, -0.2) is 0 Å². The van der Waals surface area contributed by atoms with E-state index in [0.29, 0.717) is 0 Å². The van der Waals surface area contributed by atoms with E-state index in [1.54, 1.807) is 0 Å². The Hall–Kier alpha value is -6.38. The van der Waals surface area contributed by atoms with E-state index in [0.717, 1.165) is 33.1 Å². The minimum absolute atomic E-state index is 0.907. The van der Waals surface area contributed by atoms with Gasteiger partial charge in [-0.15, -0.1) is 0 Å². The smallest absolute Gasteiger partial charge is 0.160 e. The number of hydrogen-bond acceptors (Lipinski definition) is 1. The number of para-hydroxylation sites is 1. The number of rotatable bonds is 4. The van der Waals surface area contributed by atoms with Crippen LogP contribution in [0.1, 0.15) is 0 Å². The van der Waals surface area contributed by atoms with Crippen molar-refractivity contribution in [3.05, 3.63) is 176 Å². The predicted octanol–water partition coefficient (Wildman–Crippen LogP) is 12.8. The molecule has 0 N–H and O–H groups in total. The summed E-state index contributed by atoms with van der Waals surface area (Å²) < 4.78 is 9.04. The highest BCUT2D eigenvalue weighted by atomic mass is 16.3. The third-order valence-electron chi connectivity index (χ3n) is 9.77. The number of fused-ring (bicyclic) bond motifs is 9. The van der Waals surface area contributed by atoms with Crippen molar-refractivity contribution < 1.29 is 4.42 Å². The van der Waals surface area contributed by atoms with Crippen molar-refractivity contribution in [2.45, 2.75) is 0 Å². The molecule has 0 aliphatic heterocycles. The fourth-order valence-corrected chi connectivity index (χ4v) is 7.51. The Morgan fingerprint density at radius 2 is 0.938 bits per heavy atom. The molecule has 0 spiro atoms. The van der Waals surface area contributed by atoms with Crippen LogP contribution in [0.4, 0.5) is 0 Å². The molecule has 0 saturated heterocycles. The second-order valence-corrected chi connectivity index (χ2v) is 12.5. The molecule has 2 heteroatoms. The number of furan rings is 1. The first-order chi connectivity index (χ1) is 23.8. The van der Waals surface area contributed by atoms with Gasteiger partial charge in [0.25, 0.3) is 0 Å². The summed E-state index contributed by atoms with van der Waals surface area (Å²) in [5.74, 6) is 0. The van der Waals surface area contributed by atoms with E-state index >= 15 is 0 Å². The number of nitrogens with zero attached hydrogens (tertiary/aromatic N) is 1. The van der Waals surface area contributed by atoms with Gasteiger partial charge in [0.2, 0.25) is 0 Å². The molecule has 48 heavy (non-hydrogen) atoms. The monoisotopic (exact) mass is 611 g/mol. The highest BCUT2D eigenvalue weighted by molar-refractivity contribution is 6.27. The van der Waals surface area contributed by atoms with Gasteiger partial charge in [0.1, 0.15) is 5.58 Å². The molecule has 2 heterocycles. The molecule has 0 atom stereocenters. The zero-order chi connectivity index (χ0) is 31.6. The molecule has 0 bridgehead atoms. The van der Waals surface area contributed by atoms with Crippen molar-refractivity contribution in [2.75, 3.05) is 0 Å². The van der Waals surface area contributed by atoms with Crippen LogP contribution >= 0.6 is 0 Å². The van der Waals surface area contributed by atoms with Crippen molar-refractivity contribution in [3.8, 4) is 39.1 Å². The van der Waals surface area contributed by atoms with E-state index in [2.05, 4.69) is 174 Å². The van der Waals surface area contributed by atoms with Crippen LogP contribution in [-0.4, -0.2) is 4.57 Å². The topological polar surface area (TPSA) is 18.1 Å². The van der Waals surface area contributed by atoms with E-state index in [1.165, 1.54) is 60.4 Å². The fourth-order valence-electron chi connectivity index (χ4n) is 7.51. The average Bonchev–Trinajstić information content (AvgIpc) is 3.72. The maximum Gasteiger partial charge on any atom is 0.160 e. The Kier molecular flexibility index (Phi) is 5.91. The lowest BCUT2D eigenvalue weighted by Gasteiger charge is -2.13. The van der Waals surface area contributed by atoms with Crippen LogP contribution in [0, 0.1) is 0 Å². The molecule has 0 aliphatic carbocycles. The average molecular weight is 612 g/mol. The lowest BCUT2D eigenvalue weighted by molar-refractivity contribution is 0.671. The number of benzene rings is 8. The Balaban J connectivity index is 1.20. The first-order valence-electron chi connectivity index (χ1n) is 16.4. The largest absolute Gasteiger partial charge is 0.454 e. The van der Waals surface area contributed by atoms with Crippen LogP contribution < -0.4 is 0 Å². The minimum Gasteiger partial charge on any atom is -0.454 e.